The van der Waals surface area contributed by atoms with Crippen LogP contribution in [-0.4, -0.2) is 36.3 Å². The molecule has 1 aliphatic rings. The van der Waals surface area contributed by atoms with Crippen LogP contribution in [0, 0.1) is 5.41 Å². The van der Waals surface area contributed by atoms with E-state index in [-0.39, 0.29) is 36.2 Å². The molecule has 0 radical (unpaired) electrons. The fraction of sp³-hybridized carbons (Fsp3) is 0.600. The minimum Gasteiger partial charge on any atom is -0.347 e. The van der Waals surface area contributed by atoms with Gasteiger partial charge in [-0.3, -0.25) is 9.59 Å². The molecular weight excluding hydrogens is 350 g/mol. The van der Waals surface area contributed by atoms with Crippen LogP contribution in [-0.2, 0) is 16.1 Å². The van der Waals surface area contributed by atoms with Gasteiger partial charge in [-0.1, -0.05) is 49.6 Å². The third-order valence-corrected chi connectivity index (χ3v) is 5.27. The Balaban J connectivity index is 0.00000338. The maximum absolute atomic E-state index is 12.4. The van der Waals surface area contributed by atoms with Gasteiger partial charge in [-0.05, 0) is 37.3 Å². The second-order valence-electron chi connectivity index (χ2n) is 7.11. The first kappa shape index (κ1) is 22.5. The average Bonchev–Trinajstić information content (AvgIpc) is 2.65. The molecule has 5 nitrogen and oxygen atoms in total. The Bertz CT molecular complexity index is 559. The SMILES string of the molecule is CCN(Cc1ccccc1)C(=O)CNC(=O)CC1(CN)CCCCC1.Cl. The van der Waals surface area contributed by atoms with E-state index in [9.17, 15) is 9.59 Å². The molecule has 1 aliphatic carbocycles. The summed E-state index contributed by atoms with van der Waals surface area (Å²) in [5.41, 5.74) is 6.96. The molecule has 0 spiro atoms. The summed E-state index contributed by atoms with van der Waals surface area (Å²) in [5, 5.41) is 2.80. The lowest BCUT2D eigenvalue weighted by Gasteiger charge is -2.35. The molecule has 3 N–H and O–H groups in total. The van der Waals surface area contributed by atoms with Crippen molar-refractivity contribution in [2.24, 2.45) is 11.1 Å². The largest absolute Gasteiger partial charge is 0.347 e. The molecule has 0 heterocycles. The number of rotatable bonds is 8. The first-order valence-corrected chi connectivity index (χ1v) is 9.37. The number of nitrogens with two attached hydrogens (primary N) is 1. The van der Waals surface area contributed by atoms with E-state index < -0.39 is 0 Å². The number of amides is 2. The van der Waals surface area contributed by atoms with Gasteiger partial charge in [0.2, 0.25) is 11.8 Å². The zero-order chi connectivity index (χ0) is 18.1. The molecule has 6 heteroatoms. The van der Waals surface area contributed by atoms with Gasteiger partial charge in [-0.2, -0.15) is 0 Å². The summed E-state index contributed by atoms with van der Waals surface area (Å²) in [6.07, 6.45) is 5.97. The van der Waals surface area contributed by atoms with E-state index in [4.69, 9.17) is 5.73 Å². The van der Waals surface area contributed by atoms with Gasteiger partial charge in [-0.15, -0.1) is 12.4 Å². The highest BCUT2D eigenvalue weighted by atomic mass is 35.5. The molecule has 0 atom stereocenters. The summed E-state index contributed by atoms with van der Waals surface area (Å²) >= 11 is 0. The smallest absolute Gasteiger partial charge is 0.242 e. The number of carbonyl (C=O) groups excluding carboxylic acids is 2. The van der Waals surface area contributed by atoms with Crippen LogP contribution in [0.1, 0.15) is 51.0 Å². The normalized spacial score (nSPS) is 15.6. The fourth-order valence-corrected chi connectivity index (χ4v) is 3.62. The second-order valence-corrected chi connectivity index (χ2v) is 7.11. The summed E-state index contributed by atoms with van der Waals surface area (Å²) in [6.45, 7) is 3.74. The molecule has 0 aliphatic heterocycles. The highest BCUT2D eigenvalue weighted by molar-refractivity contribution is 5.85. The zero-order valence-electron chi connectivity index (χ0n) is 15.7. The van der Waals surface area contributed by atoms with Gasteiger partial charge in [0.25, 0.3) is 0 Å². The van der Waals surface area contributed by atoms with Crippen LogP contribution in [0.25, 0.3) is 0 Å². The van der Waals surface area contributed by atoms with E-state index >= 15 is 0 Å². The van der Waals surface area contributed by atoms with E-state index in [1.807, 2.05) is 37.3 Å². The number of nitrogens with zero attached hydrogens (tertiary/aromatic N) is 1. The minimum atomic E-state index is -0.0696. The Morgan fingerprint density at radius 2 is 1.81 bits per heavy atom. The molecule has 146 valence electrons. The fourth-order valence-electron chi connectivity index (χ4n) is 3.62. The molecule has 2 amide bonds. The van der Waals surface area contributed by atoms with Gasteiger partial charge in [0.1, 0.15) is 0 Å². The predicted molar refractivity (Wildman–Crippen MR) is 107 cm³/mol. The van der Waals surface area contributed by atoms with Crippen LogP contribution in [0.2, 0.25) is 0 Å². The summed E-state index contributed by atoms with van der Waals surface area (Å²) in [5.74, 6) is -0.110. The summed E-state index contributed by atoms with van der Waals surface area (Å²) in [6, 6.07) is 9.89. The molecular formula is C20H32ClN3O2. The van der Waals surface area contributed by atoms with Crippen molar-refractivity contribution in [3.8, 4) is 0 Å². The molecule has 1 aromatic rings. The minimum absolute atomic E-state index is 0. The predicted octanol–water partition coefficient (Wildman–Crippen LogP) is 2.87. The molecule has 0 saturated heterocycles. The van der Waals surface area contributed by atoms with Crippen LogP contribution in [0.5, 0.6) is 0 Å². The number of likely N-dealkylation sites (N-methyl/N-ethyl adjacent to an activating group) is 1. The van der Waals surface area contributed by atoms with Gasteiger partial charge >= 0.3 is 0 Å². The molecule has 1 fully saturated rings. The van der Waals surface area contributed by atoms with Crippen LogP contribution in [0.4, 0.5) is 0 Å². The van der Waals surface area contributed by atoms with E-state index in [0.29, 0.717) is 26.1 Å². The van der Waals surface area contributed by atoms with Crippen molar-refractivity contribution >= 4 is 24.2 Å². The number of hydrogen-bond donors (Lipinski definition) is 2. The van der Waals surface area contributed by atoms with Crippen molar-refractivity contribution < 1.29 is 9.59 Å². The lowest BCUT2D eigenvalue weighted by molar-refractivity contribution is -0.133. The number of nitrogens with one attached hydrogen (secondary N) is 1. The Morgan fingerprint density at radius 3 is 2.38 bits per heavy atom. The third-order valence-electron chi connectivity index (χ3n) is 5.27. The van der Waals surface area contributed by atoms with Gasteiger partial charge in [-0.25, -0.2) is 0 Å². The quantitative estimate of drug-likeness (QED) is 0.727. The van der Waals surface area contributed by atoms with E-state index in [0.717, 1.165) is 31.2 Å². The van der Waals surface area contributed by atoms with Crippen molar-refractivity contribution in [1.82, 2.24) is 10.2 Å². The molecule has 0 aromatic heterocycles. The Morgan fingerprint density at radius 1 is 1.15 bits per heavy atom. The number of benzene rings is 1. The Kier molecular flexibility index (Phi) is 9.66. The van der Waals surface area contributed by atoms with E-state index in [1.54, 1.807) is 4.90 Å². The monoisotopic (exact) mass is 381 g/mol. The molecule has 0 bridgehead atoms. The van der Waals surface area contributed by atoms with E-state index in [1.165, 1.54) is 6.42 Å². The van der Waals surface area contributed by atoms with Crippen LogP contribution in [0.3, 0.4) is 0 Å². The topological polar surface area (TPSA) is 75.4 Å². The number of halogens is 1. The first-order chi connectivity index (χ1) is 12.1. The Labute approximate surface area is 163 Å². The highest BCUT2D eigenvalue weighted by Gasteiger charge is 2.33. The summed E-state index contributed by atoms with van der Waals surface area (Å²) in [7, 11) is 0. The average molecular weight is 382 g/mol. The highest BCUT2D eigenvalue weighted by Crippen LogP contribution is 2.38. The van der Waals surface area contributed by atoms with E-state index in [2.05, 4.69) is 5.32 Å². The third kappa shape index (κ3) is 6.61. The number of carbonyl (C=O) groups is 2. The number of hydrogen-bond acceptors (Lipinski definition) is 3. The van der Waals surface area contributed by atoms with Crippen molar-refractivity contribution in [1.29, 1.82) is 0 Å². The van der Waals surface area contributed by atoms with Gasteiger partial charge in [0, 0.05) is 19.5 Å². The van der Waals surface area contributed by atoms with Crippen molar-refractivity contribution in [3.05, 3.63) is 35.9 Å². The first-order valence-electron chi connectivity index (χ1n) is 9.37. The maximum Gasteiger partial charge on any atom is 0.242 e. The molecule has 0 unspecified atom stereocenters. The van der Waals surface area contributed by atoms with Crippen LogP contribution >= 0.6 is 12.4 Å². The zero-order valence-corrected chi connectivity index (χ0v) is 16.5. The standard InChI is InChI=1S/C20H31N3O2.ClH/c1-2-23(15-17-9-5-3-6-10-17)19(25)14-22-18(24)13-20(16-21)11-7-4-8-12-20;/h3,5-6,9-10H,2,4,7-8,11-16,21H2,1H3,(H,22,24);1H. The lowest BCUT2D eigenvalue weighted by Crippen LogP contribution is -2.43. The summed E-state index contributed by atoms with van der Waals surface area (Å²) in [4.78, 5) is 26.5. The molecule has 26 heavy (non-hydrogen) atoms. The van der Waals surface area contributed by atoms with Gasteiger partial charge in [0.15, 0.2) is 0 Å². The van der Waals surface area contributed by atoms with Crippen molar-refractivity contribution in [3.63, 3.8) is 0 Å². The molecule has 2 rings (SSSR count). The lowest BCUT2D eigenvalue weighted by atomic mass is 9.71. The van der Waals surface area contributed by atoms with Crippen LogP contribution < -0.4 is 11.1 Å². The maximum atomic E-state index is 12.4. The summed E-state index contributed by atoms with van der Waals surface area (Å²) < 4.78 is 0. The van der Waals surface area contributed by atoms with Gasteiger partial charge < -0.3 is 16.0 Å². The van der Waals surface area contributed by atoms with Crippen molar-refractivity contribution in [2.45, 2.75) is 52.0 Å². The van der Waals surface area contributed by atoms with Crippen molar-refractivity contribution in [2.75, 3.05) is 19.6 Å². The Hall–Kier alpha value is -1.59. The molecule has 1 saturated carbocycles. The van der Waals surface area contributed by atoms with Crippen LogP contribution in [0.15, 0.2) is 30.3 Å². The van der Waals surface area contributed by atoms with Gasteiger partial charge in [0.05, 0.1) is 6.54 Å². The second kappa shape index (κ2) is 11.2. The molecule has 1 aromatic carbocycles.